The van der Waals surface area contributed by atoms with Gasteiger partial charge in [-0.1, -0.05) is 60.7 Å². The molecule has 24 heavy (non-hydrogen) atoms. The van der Waals surface area contributed by atoms with Gasteiger partial charge < -0.3 is 4.57 Å². The normalized spacial score (nSPS) is 11.1. The Morgan fingerprint density at radius 3 is 1.54 bits per heavy atom. The van der Waals surface area contributed by atoms with Crippen LogP contribution in [0, 0.1) is 5.92 Å². The molecule has 0 spiro atoms. The molecule has 0 bridgehead atoms. The average Bonchev–Trinajstić information content (AvgIpc) is 2.66. The Morgan fingerprint density at radius 1 is 0.833 bits per heavy atom. The summed E-state index contributed by atoms with van der Waals surface area (Å²) < 4.78 is 13.8. The molecule has 0 aromatic heterocycles. The fourth-order valence-corrected chi connectivity index (χ4v) is 5.31. The lowest BCUT2D eigenvalue weighted by Gasteiger charge is -2.23. The first-order valence-electron chi connectivity index (χ1n) is 7.24. The van der Waals surface area contributed by atoms with E-state index in [1.54, 1.807) is 60.7 Å². The van der Waals surface area contributed by atoms with Crippen molar-refractivity contribution in [2.45, 2.75) is 0 Å². The number of carbonyl (C=O) groups excluding carboxylic acids is 2. The maximum atomic E-state index is 13.8. The van der Waals surface area contributed by atoms with Gasteiger partial charge >= 0.3 is 0 Å². The van der Waals surface area contributed by atoms with Crippen LogP contribution in [0.25, 0.3) is 0 Å². The van der Waals surface area contributed by atoms with Crippen LogP contribution in [-0.4, -0.2) is 18.0 Å². The second kappa shape index (κ2) is 7.88. The van der Waals surface area contributed by atoms with Crippen molar-refractivity contribution in [3.05, 3.63) is 60.7 Å². The van der Waals surface area contributed by atoms with E-state index >= 15 is 0 Å². The maximum Gasteiger partial charge on any atom is 0.247 e. The summed E-state index contributed by atoms with van der Waals surface area (Å²) >= 11 is 0. The Morgan fingerprint density at radius 2 is 1.21 bits per heavy atom. The van der Waals surface area contributed by atoms with Crippen molar-refractivity contribution >= 4 is 29.6 Å². The van der Waals surface area contributed by atoms with Crippen molar-refractivity contribution in [2.24, 2.45) is 17.6 Å². The van der Waals surface area contributed by atoms with E-state index < -0.39 is 24.9 Å². The highest BCUT2D eigenvalue weighted by Gasteiger charge is 2.37. The number of hydrogen-bond donors (Lipinski definition) is 4. The second-order valence-corrected chi connectivity index (χ2v) is 8.04. The predicted octanol–water partition coefficient (Wildman–Crippen LogP) is -0.404. The van der Waals surface area contributed by atoms with Gasteiger partial charge in [0, 0.05) is 16.8 Å². The van der Waals surface area contributed by atoms with E-state index in [4.69, 9.17) is 11.7 Å². The van der Waals surface area contributed by atoms with Crippen molar-refractivity contribution in [1.29, 1.82) is 0 Å². The zero-order valence-corrected chi connectivity index (χ0v) is 13.8. The van der Waals surface area contributed by atoms with Crippen molar-refractivity contribution in [2.75, 3.05) is 6.16 Å². The molecule has 0 atom stereocenters. The molecule has 2 amide bonds. The van der Waals surface area contributed by atoms with Crippen molar-refractivity contribution in [3.8, 4) is 0 Å². The van der Waals surface area contributed by atoms with Gasteiger partial charge in [0.2, 0.25) is 11.8 Å². The van der Waals surface area contributed by atoms with E-state index in [-0.39, 0.29) is 6.16 Å². The molecule has 0 fully saturated rings. The summed E-state index contributed by atoms with van der Waals surface area (Å²) in [7, 11) is -3.25. The SMILES string of the molecule is NNC(=O)C(CP(=O)(c1ccccc1)c1ccccc1)C(=O)NN. The van der Waals surface area contributed by atoms with Crippen molar-refractivity contribution in [3.63, 3.8) is 0 Å². The van der Waals surface area contributed by atoms with Crippen LogP contribution in [0.15, 0.2) is 60.7 Å². The molecule has 0 saturated carbocycles. The van der Waals surface area contributed by atoms with Crippen LogP contribution in [0.3, 0.4) is 0 Å². The van der Waals surface area contributed by atoms with Gasteiger partial charge in [-0.15, -0.1) is 0 Å². The van der Waals surface area contributed by atoms with Crippen LogP contribution in [-0.2, 0) is 14.2 Å². The monoisotopic (exact) mass is 346 g/mol. The number of hydrogen-bond acceptors (Lipinski definition) is 5. The molecule has 0 saturated heterocycles. The standard InChI is InChI=1S/C16H19N4O3P/c17-19-15(21)14(16(22)20-18)11-24(23,12-7-3-1-4-8-12)13-9-5-2-6-10-13/h1-10,14H,11,17-18H2,(H,19,21)(H,20,22). The minimum atomic E-state index is -3.25. The van der Waals surface area contributed by atoms with E-state index in [9.17, 15) is 14.2 Å². The number of benzene rings is 2. The van der Waals surface area contributed by atoms with Crippen molar-refractivity contribution in [1.82, 2.24) is 10.9 Å². The van der Waals surface area contributed by atoms with Gasteiger partial charge in [0.25, 0.3) is 0 Å². The lowest BCUT2D eigenvalue weighted by Crippen LogP contribution is -2.48. The Bertz CT molecular complexity index is 693. The zero-order chi connectivity index (χ0) is 17.6. The summed E-state index contributed by atoms with van der Waals surface area (Å²) in [4.78, 5) is 24.0. The van der Waals surface area contributed by atoms with Crippen LogP contribution in [0.4, 0.5) is 0 Å². The molecule has 0 aliphatic rings. The minimum Gasteiger partial charge on any atom is -0.314 e. The van der Waals surface area contributed by atoms with Crippen LogP contribution in [0.1, 0.15) is 0 Å². The quantitative estimate of drug-likeness (QED) is 0.186. The highest BCUT2D eigenvalue weighted by Crippen LogP contribution is 2.45. The maximum absolute atomic E-state index is 13.8. The zero-order valence-electron chi connectivity index (χ0n) is 12.9. The highest BCUT2D eigenvalue weighted by molar-refractivity contribution is 7.78. The molecule has 2 rings (SSSR count). The Kier molecular flexibility index (Phi) is 5.87. The van der Waals surface area contributed by atoms with E-state index in [0.717, 1.165) is 0 Å². The van der Waals surface area contributed by atoms with E-state index in [1.165, 1.54) is 0 Å². The van der Waals surface area contributed by atoms with Gasteiger partial charge in [-0.05, 0) is 0 Å². The second-order valence-electron chi connectivity index (χ2n) is 5.16. The van der Waals surface area contributed by atoms with E-state index in [0.29, 0.717) is 10.6 Å². The molecular weight excluding hydrogens is 327 g/mol. The van der Waals surface area contributed by atoms with Gasteiger partial charge in [-0.25, -0.2) is 11.7 Å². The molecule has 7 nitrogen and oxygen atoms in total. The number of rotatable bonds is 6. The summed E-state index contributed by atoms with van der Waals surface area (Å²) in [5.41, 5.74) is 3.86. The number of amides is 2. The highest BCUT2D eigenvalue weighted by atomic mass is 31.2. The summed E-state index contributed by atoms with van der Waals surface area (Å²) in [6.07, 6.45) is -0.215. The van der Waals surface area contributed by atoms with E-state index in [2.05, 4.69) is 0 Å². The van der Waals surface area contributed by atoms with Crippen molar-refractivity contribution < 1.29 is 14.2 Å². The first-order valence-corrected chi connectivity index (χ1v) is 9.13. The van der Waals surface area contributed by atoms with Crippen LogP contribution in [0.2, 0.25) is 0 Å². The fourth-order valence-electron chi connectivity index (χ4n) is 2.44. The third-order valence-corrected chi connectivity index (χ3v) is 6.85. The molecule has 0 unspecified atom stereocenters. The third-order valence-electron chi connectivity index (χ3n) is 3.70. The Labute approximate surface area is 139 Å². The van der Waals surface area contributed by atoms with Crippen LogP contribution >= 0.6 is 7.14 Å². The molecule has 2 aromatic rings. The van der Waals surface area contributed by atoms with Gasteiger partial charge in [0.15, 0.2) is 0 Å². The van der Waals surface area contributed by atoms with E-state index in [1.807, 2.05) is 10.9 Å². The summed E-state index contributed by atoms with van der Waals surface area (Å²) in [5, 5.41) is 1.10. The first-order chi connectivity index (χ1) is 11.5. The molecule has 0 aliphatic carbocycles. The molecule has 126 valence electrons. The molecule has 2 aromatic carbocycles. The van der Waals surface area contributed by atoms with Crippen LogP contribution in [0.5, 0.6) is 0 Å². The van der Waals surface area contributed by atoms with Crippen LogP contribution < -0.4 is 33.1 Å². The Hall–Kier alpha value is -2.47. The lowest BCUT2D eigenvalue weighted by atomic mass is 10.1. The number of nitrogens with one attached hydrogen (secondary N) is 2. The molecule has 6 N–H and O–H groups in total. The summed E-state index contributed by atoms with van der Waals surface area (Å²) in [6, 6.07) is 17.5. The van der Waals surface area contributed by atoms with Gasteiger partial charge in [0.1, 0.15) is 13.1 Å². The number of carbonyl (C=O) groups is 2. The first kappa shape index (κ1) is 17.9. The molecule has 0 heterocycles. The summed E-state index contributed by atoms with van der Waals surface area (Å²) in [6.45, 7) is 0. The fraction of sp³-hybridized carbons (Fsp3) is 0.125. The topological polar surface area (TPSA) is 127 Å². The van der Waals surface area contributed by atoms with Gasteiger partial charge in [-0.2, -0.15) is 0 Å². The number of hydrazine groups is 2. The molecule has 8 heteroatoms. The number of nitrogens with two attached hydrogens (primary N) is 2. The van der Waals surface area contributed by atoms with Gasteiger partial charge in [-0.3, -0.25) is 20.4 Å². The predicted molar refractivity (Wildman–Crippen MR) is 92.8 cm³/mol. The summed E-state index contributed by atoms with van der Waals surface area (Å²) in [5.74, 6) is 7.54. The smallest absolute Gasteiger partial charge is 0.247 e. The molecule has 0 radical (unpaired) electrons. The largest absolute Gasteiger partial charge is 0.314 e. The molecule has 0 aliphatic heterocycles. The Balaban J connectivity index is 2.53. The molecular formula is C16H19N4O3P. The minimum absolute atomic E-state index is 0.215. The average molecular weight is 346 g/mol. The lowest BCUT2D eigenvalue weighted by molar-refractivity contribution is -0.134. The van der Waals surface area contributed by atoms with Gasteiger partial charge in [0.05, 0.1) is 0 Å². The third kappa shape index (κ3) is 3.71.